The molecule has 0 unspecified atom stereocenters. The average molecular weight is 481 g/mol. The van der Waals surface area contributed by atoms with Gasteiger partial charge in [-0.15, -0.1) is 0 Å². The molecule has 2 fully saturated rings. The van der Waals surface area contributed by atoms with E-state index in [9.17, 15) is 13.2 Å². The number of H-pyrrole nitrogens is 1. The molecule has 5 rings (SSSR count). The summed E-state index contributed by atoms with van der Waals surface area (Å²) in [6.07, 6.45) is 4.59. The number of amides is 1. The Hall–Kier alpha value is -2.71. The van der Waals surface area contributed by atoms with Crippen LogP contribution in [0, 0.1) is 0 Å². The Morgan fingerprint density at radius 2 is 1.59 bits per heavy atom. The molecule has 180 valence electrons. The van der Waals surface area contributed by atoms with Crippen LogP contribution < -0.4 is 0 Å². The molecule has 2 saturated heterocycles. The number of nitrogens with zero attached hydrogens (tertiary/aromatic N) is 3. The third-order valence-corrected chi connectivity index (χ3v) is 9.33. The van der Waals surface area contributed by atoms with Gasteiger partial charge in [0.2, 0.25) is 10.0 Å². The average Bonchev–Trinajstić information content (AvgIpc) is 3.28. The zero-order valence-corrected chi connectivity index (χ0v) is 20.6. The van der Waals surface area contributed by atoms with Gasteiger partial charge < -0.3 is 9.88 Å². The number of imidazole rings is 1. The number of fused-ring (bicyclic) bond motifs is 1. The maximum atomic E-state index is 13.3. The van der Waals surface area contributed by atoms with Crippen molar-refractivity contribution < 1.29 is 13.2 Å². The van der Waals surface area contributed by atoms with Crippen LogP contribution >= 0.6 is 0 Å². The minimum atomic E-state index is -3.60. The second kappa shape index (κ2) is 9.15. The number of hydrogen-bond donors (Lipinski definition) is 1. The van der Waals surface area contributed by atoms with Crippen LogP contribution in [0.3, 0.4) is 0 Å². The van der Waals surface area contributed by atoms with Crippen molar-refractivity contribution in [3.8, 4) is 0 Å². The van der Waals surface area contributed by atoms with Crippen molar-refractivity contribution in [3.05, 3.63) is 59.9 Å². The molecule has 3 aromatic rings. The van der Waals surface area contributed by atoms with Crippen LogP contribution in [0.4, 0.5) is 0 Å². The van der Waals surface area contributed by atoms with E-state index in [2.05, 4.69) is 18.8 Å². The van der Waals surface area contributed by atoms with Gasteiger partial charge >= 0.3 is 0 Å². The first-order valence-corrected chi connectivity index (χ1v) is 13.7. The van der Waals surface area contributed by atoms with Crippen LogP contribution in [-0.4, -0.2) is 58.7 Å². The Morgan fingerprint density at radius 3 is 2.24 bits per heavy atom. The minimum absolute atomic E-state index is 0.0182. The van der Waals surface area contributed by atoms with Crippen LogP contribution in [0.1, 0.15) is 68.1 Å². The number of rotatable bonds is 4. The van der Waals surface area contributed by atoms with Gasteiger partial charge in [0.25, 0.3) is 5.91 Å². The number of hydrogen-bond acceptors (Lipinski definition) is 4. The van der Waals surface area contributed by atoms with Crippen molar-refractivity contribution in [2.24, 2.45) is 0 Å². The number of sulfonamides is 1. The van der Waals surface area contributed by atoms with Crippen molar-refractivity contribution in [2.75, 3.05) is 13.1 Å². The first-order chi connectivity index (χ1) is 16.3. The molecule has 2 atom stereocenters. The van der Waals surface area contributed by atoms with Crippen molar-refractivity contribution in [1.82, 2.24) is 19.2 Å². The molecule has 34 heavy (non-hydrogen) atoms. The normalized spacial score (nSPS) is 22.8. The molecular formula is C26H32N4O3S. The van der Waals surface area contributed by atoms with E-state index < -0.39 is 10.0 Å². The maximum Gasteiger partial charge on any atom is 0.254 e. The molecule has 0 bridgehead atoms. The van der Waals surface area contributed by atoms with Gasteiger partial charge in [0, 0.05) is 36.7 Å². The van der Waals surface area contributed by atoms with E-state index in [1.54, 1.807) is 28.6 Å². The quantitative estimate of drug-likeness (QED) is 0.594. The number of likely N-dealkylation sites (tertiary alicyclic amines) is 1. The van der Waals surface area contributed by atoms with Gasteiger partial charge in [-0.1, -0.05) is 12.1 Å². The van der Waals surface area contributed by atoms with Crippen LogP contribution in [-0.2, 0) is 10.0 Å². The van der Waals surface area contributed by atoms with Crippen molar-refractivity contribution in [2.45, 2.75) is 68.8 Å². The number of aromatic nitrogens is 2. The lowest BCUT2D eigenvalue weighted by atomic mass is 9.96. The molecule has 2 aliphatic heterocycles. The SMILES string of the molecule is C[C@H]1CCC[C@H](C)N1C(=O)c1ccc(S(=O)(=O)N2CCC(c3nc4ccccc4[nH]3)CC2)cc1. The van der Waals surface area contributed by atoms with Crippen molar-refractivity contribution >= 4 is 27.0 Å². The van der Waals surface area contributed by atoms with E-state index in [1.165, 1.54) is 0 Å². The number of aromatic amines is 1. The fourth-order valence-corrected chi connectivity index (χ4v) is 6.89. The molecule has 0 saturated carbocycles. The van der Waals surface area contributed by atoms with Crippen molar-refractivity contribution in [3.63, 3.8) is 0 Å². The van der Waals surface area contributed by atoms with Gasteiger partial charge in [-0.2, -0.15) is 4.31 Å². The standard InChI is InChI=1S/C26H32N4O3S/c1-18-6-5-7-19(2)30(18)26(31)21-10-12-22(13-11-21)34(32,33)29-16-14-20(15-17-29)25-27-23-8-3-4-9-24(23)28-25/h3-4,8-13,18-20H,5-7,14-17H2,1-2H3,(H,27,28)/t18-,19-/m0/s1. The van der Waals surface area contributed by atoms with E-state index in [1.807, 2.05) is 29.2 Å². The van der Waals surface area contributed by atoms with Crippen molar-refractivity contribution in [1.29, 1.82) is 0 Å². The third kappa shape index (κ3) is 4.25. The molecule has 0 spiro atoms. The zero-order valence-electron chi connectivity index (χ0n) is 19.8. The Kier molecular flexibility index (Phi) is 6.20. The number of carbonyl (C=O) groups is 1. The number of nitrogens with one attached hydrogen (secondary N) is 1. The van der Waals surface area contributed by atoms with E-state index in [-0.39, 0.29) is 28.8 Å². The Bertz CT molecular complexity index is 1230. The lowest BCUT2D eigenvalue weighted by Crippen LogP contribution is -2.47. The van der Waals surface area contributed by atoms with Crippen LogP contribution in [0.15, 0.2) is 53.4 Å². The highest BCUT2D eigenvalue weighted by atomic mass is 32.2. The molecule has 3 heterocycles. The van der Waals surface area contributed by atoms with E-state index in [4.69, 9.17) is 4.98 Å². The smallest absolute Gasteiger partial charge is 0.254 e. The Balaban J connectivity index is 1.26. The fraction of sp³-hybridized carbons (Fsp3) is 0.462. The lowest BCUT2D eigenvalue weighted by Gasteiger charge is -2.39. The van der Waals surface area contributed by atoms with Gasteiger partial charge in [-0.25, -0.2) is 13.4 Å². The maximum absolute atomic E-state index is 13.3. The lowest BCUT2D eigenvalue weighted by molar-refractivity contribution is 0.0510. The summed E-state index contributed by atoms with van der Waals surface area (Å²) < 4.78 is 28.1. The predicted octanol–water partition coefficient (Wildman–Crippen LogP) is 4.53. The predicted molar refractivity (Wildman–Crippen MR) is 132 cm³/mol. The molecule has 7 nitrogen and oxygen atoms in total. The third-order valence-electron chi connectivity index (χ3n) is 7.42. The molecular weight excluding hydrogens is 448 g/mol. The van der Waals surface area contributed by atoms with Gasteiger partial charge in [0.1, 0.15) is 5.82 Å². The van der Waals surface area contributed by atoms with E-state index in [0.29, 0.717) is 18.7 Å². The topological polar surface area (TPSA) is 86.4 Å². The van der Waals surface area contributed by atoms with Crippen LogP contribution in [0.2, 0.25) is 0 Å². The summed E-state index contributed by atoms with van der Waals surface area (Å²) in [6, 6.07) is 14.8. The van der Waals surface area contributed by atoms with E-state index >= 15 is 0 Å². The molecule has 1 amide bonds. The number of piperidine rings is 2. The molecule has 1 aromatic heterocycles. The number of para-hydroxylation sites is 2. The Morgan fingerprint density at radius 1 is 0.941 bits per heavy atom. The van der Waals surface area contributed by atoms with Gasteiger partial charge in [-0.3, -0.25) is 4.79 Å². The number of carbonyl (C=O) groups excluding carboxylic acids is 1. The molecule has 1 N–H and O–H groups in total. The minimum Gasteiger partial charge on any atom is -0.342 e. The monoisotopic (exact) mass is 480 g/mol. The second-order valence-corrected chi connectivity index (χ2v) is 11.6. The first kappa shape index (κ1) is 23.1. The molecule has 0 radical (unpaired) electrons. The fourth-order valence-electron chi connectivity index (χ4n) is 5.42. The molecule has 2 aliphatic rings. The molecule has 0 aliphatic carbocycles. The number of benzene rings is 2. The first-order valence-electron chi connectivity index (χ1n) is 12.2. The highest BCUT2D eigenvalue weighted by Gasteiger charge is 2.32. The summed E-state index contributed by atoms with van der Waals surface area (Å²) in [4.78, 5) is 23.3. The van der Waals surface area contributed by atoms with Crippen LogP contribution in [0.25, 0.3) is 11.0 Å². The Labute approximate surface area is 201 Å². The molecule has 8 heteroatoms. The largest absolute Gasteiger partial charge is 0.342 e. The summed E-state index contributed by atoms with van der Waals surface area (Å²) in [7, 11) is -3.60. The zero-order chi connectivity index (χ0) is 23.9. The summed E-state index contributed by atoms with van der Waals surface area (Å²) >= 11 is 0. The molecule has 2 aromatic carbocycles. The summed E-state index contributed by atoms with van der Waals surface area (Å²) in [5, 5.41) is 0. The summed E-state index contributed by atoms with van der Waals surface area (Å²) in [5.74, 6) is 1.13. The highest BCUT2D eigenvalue weighted by molar-refractivity contribution is 7.89. The second-order valence-electron chi connectivity index (χ2n) is 9.68. The summed E-state index contributed by atoms with van der Waals surface area (Å²) in [5.41, 5.74) is 2.49. The van der Waals surface area contributed by atoms with Gasteiger partial charge in [-0.05, 0) is 82.3 Å². The highest BCUT2D eigenvalue weighted by Crippen LogP contribution is 2.31. The van der Waals surface area contributed by atoms with Crippen LogP contribution in [0.5, 0.6) is 0 Å². The summed E-state index contributed by atoms with van der Waals surface area (Å²) in [6.45, 7) is 5.07. The van der Waals surface area contributed by atoms with E-state index in [0.717, 1.165) is 49.0 Å². The van der Waals surface area contributed by atoms with Gasteiger partial charge in [0.15, 0.2) is 0 Å². The van der Waals surface area contributed by atoms with Gasteiger partial charge in [0.05, 0.1) is 15.9 Å².